The smallest absolute Gasteiger partial charge is 0.329 e. The van der Waals surface area contributed by atoms with Crippen LogP contribution in [0.4, 0.5) is 5.69 Å². The lowest BCUT2D eigenvalue weighted by Gasteiger charge is -2.23. The van der Waals surface area contributed by atoms with Gasteiger partial charge in [0, 0.05) is 12.3 Å². The van der Waals surface area contributed by atoms with Crippen LogP contribution >= 0.6 is 0 Å². The second kappa shape index (κ2) is 11.4. The van der Waals surface area contributed by atoms with Crippen molar-refractivity contribution >= 4 is 35.7 Å². The maximum Gasteiger partial charge on any atom is 0.329 e. The van der Waals surface area contributed by atoms with Crippen LogP contribution in [0, 0.1) is 0 Å². The standard InChI is InChI=1S/C24H26N4O3/c29-22(26-19-13-5-2-6-14-19)20-15-7-8-16-21(20)27-23(30)24(31)28-25-17-9-12-18-10-3-1-4-11-18/h1,3-4,7-12,15-17,19H,2,5-6,13-14H2,(H,26,29)(H,27,30)(H,28,31)/b12-9+,25-17-. The van der Waals surface area contributed by atoms with Crippen LogP contribution in [0.2, 0.25) is 0 Å². The summed E-state index contributed by atoms with van der Waals surface area (Å²) in [5.41, 5.74) is 3.76. The van der Waals surface area contributed by atoms with E-state index < -0.39 is 11.8 Å². The van der Waals surface area contributed by atoms with Crippen LogP contribution in [-0.2, 0) is 9.59 Å². The van der Waals surface area contributed by atoms with Gasteiger partial charge in [-0.15, -0.1) is 0 Å². The molecule has 1 saturated carbocycles. The predicted molar refractivity (Wildman–Crippen MR) is 122 cm³/mol. The summed E-state index contributed by atoms with van der Waals surface area (Å²) in [5.74, 6) is -2.08. The molecule has 31 heavy (non-hydrogen) atoms. The second-order valence-corrected chi connectivity index (χ2v) is 7.30. The van der Waals surface area contributed by atoms with Crippen molar-refractivity contribution in [2.24, 2.45) is 5.10 Å². The highest BCUT2D eigenvalue weighted by atomic mass is 16.2. The molecule has 2 aromatic carbocycles. The summed E-state index contributed by atoms with van der Waals surface area (Å²) in [4.78, 5) is 36.9. The van der Waals surface area contributed by atoms with Gasteiger partial charge in [-0.1, -0.05) is 67.8 Å². The molecular weight excluding hydrogens is 392 g/mol. The molecule has 3 amide bonds. The van der Waals surface area contributed by atoms with Crippen molar-refractivity contribution in [3.63, 3.8) is 0 Å². The van der Waals surface area contributed by atoms with Crippen molar-refractivity contribution in [1.29, 1.82) is 0 Å². The zero-order valence-electron chi connectivity index (χ0n) is 17.2. The van der Waals surface area contributed by atoms with Crippen molar-refractivity contribution in [3.05, 3.63) is 71.8 Å². The van der Waals surface area contributed by atoms with E-state index in [1.54, 1.807) is 30.3 Å². The second-order valence-electron chi connectivity index (χ2n) is 7.30. The lowest BCUT2D eigenvalue weighted by atomic mass is 9.95. The van der Waals surface area contributed by atoms with E-state index in [2.05, 4.69) is 21.2 Å². The molecule has 0 aliphatic heterocycles. The van der Waals surface area contributed by atoms with Crippen LogP contribution < -0.4 is 16.1 Å². The van der Waals surface area contributed by atoms with E-state index in [4.69, 9.17) is 0 Å². The maximum atomic E-state index is 12.7. The van der Waals surface area contributed by atoms with Gasteiger partial charge in [-0.05, 0) is 36.6 Å². The third kappa shape index (κ3) is 6.92. The average Bonchev–Trinajstić information content (AvgIpc) is 2.80. The maximum absolute atomic E-state index is 12.7. The van der Waals surface area contributed by atoms with E-state index in [-0.39, 0.29) is 17.6 Å². The van der Waals surface area contributed by atoms with Gasteiger partial charge in [0.15, 0.2) is 0 Å². The average molecular weight is 418 g/mol. The monoisotopic (exact) mass is 418 g/mol. The molecule has 7 heteroatoms. The zero-order valence-corrected chi connectivity index (χ0v) is 17.2. The Morgan fingerprint density at radius 3 is 2.35 bits per heavy atom. The number of nitrogens with one attached hydrogen (secondary N) is 3. The Hall–Kier alpha value is -3.74. The first-order valence-corrected chi connectivity index (χ1v) is 10.4. The SMILES string of the molecule is O=C(N/N=C\C=C\c1ccccc1)C(=O)Nc1ccccc1C(=O)NC1CCCCC1. The topological polar surface area (TPSA) is 99.7 Å². The van der Waals surface area contributed by atoms with E-state index in [9.17, 15) is 14.4 Å². The third-order valence-corrected chi connectivity index (χ3v) is 4.98. The number of carbonyl (C=O) groups excluding carboxylic acids is 3. The minimum atomic E-state index is -0.924. The van der Waals surface area contributed by atoms with E-state index in [0.717, 1.165) is 31.2 Å². The molecule has 1 aliphatic carbocycles. The minimum absolute atomic E-state index is 0.145. The molecule has 160 valence electrons. The summed E-state index contributed by atoms with van der Waals surface area (Å²) in [6.07, 6.45) is 10.2. The quantitative estimate of drug-likeness (QED) is 0.380. The van der Waals surface area contributed by atoms with Gasteiger partial charge >= 0.3 is 11.8 Å². The predicted octanol–water partition coefficient (Wildman–Crippen LogP) is 3.50. The van der Waals surface area contributed by atoms with Gasteiger partial charge in [-0.3, -0.25) is 14.4 Å². The van der Waals surface area contributed by atoms with Crippen LogP contribution in [0.5, 0.6) is 0 Å². The zero-order chi connectivity index (χ0) is 21.9. The summed E-state index contributed by atoms with van der Waals surface area (Å²) in [7, 11) is 0. The first kappa shape index (κ1) is 22.0. The van der Waals surface area contributed by atoms with E-state index >= 15 is 0 Å². The number of anilines is 1. The number of hydrazone groups is 1. The number of nitrogens with zero attached hydrogens (tertiary/aromatic N) is 1. The fourth-order valence-electron chi connectivity index (χ4n) is 3.39. The molecule has 3 N–H and O–H groups in total. The largest absolute Gasteiger partial charge is 0.349 e. The van der Waals surface area contributed by atoms with Crippen molar-refractivity contribution in [2.45, 2.75) is 38.1 Å². The number of amides is 3. The molecule has 0 unspecified atom stereocenters. The minimum Gasteiger partial charge on any atom is -0.349 e. The van der Waals surface area contributed by atoms with Gasteiger partial charge in [0.2, 0.25) is 0 Å². The molecule has 1 aliphatic rings. The van der Waals surface area contributed by atoms with Crippen LogP contribution in [-0.4, -0.2) is 30.0 Å². The van der Waals surface area contributed by atoms with Gasteiger partial charge in [0.05, 0.1) is 11.3 Å². The van der Waals surface area contributed by atoms with Crippen LogP contribution in [0.3, 0.4) is 0 Å². The van der Waals surface area contributed by atoms with Crippen LogP contribution in [0.1, 0.15) is 48.0 Å². The third-order valence-electron chi connectivity index (χ3n) is 4.98. The molecule has 2 aromatic rings. The summed E-state index contributed by atoms with van der Waals surface area (Å²) >= 11 is 0. The molecular formula is C24H26N4O3. The number of carbonyl (C=O) groups is 3. The first-order valence-electron chi connectivity index (χ1n) is 10.4. The van der Waals surface area contributed by atoms with Gasteiger partial charge in [-0.25, -0.2) is 5.43 Å². The van der Waals surface area contributed by atoms with Gasteiger partial charge in [0.25, 0.3) is 5.91 Å². The van der Waals surface area contributed by atoms with Gasteiger partial charge in [0.1, 0.15) is 0 Å². The van der Waals surface area contributed by atoms with Crippen molar-refractivity contribution in [1.82, 2.24) is 10.7 Å². The number of benzene rings is 2. The van der Waals surface area contributed by atoms with Crippen LogP contribution in [0.25, 0.3) is 6.08 Å². The van der Waals surface area contributed by atoms with E-state index in [1.165, 1.54) is 12.6 Å². The number of hydrogen-bond acceptors (Lipinski definition) is 4. The fourth-order valence-corrected chi connectivity index (χ4v) is 3.39. The molecule has 0 bridgehead atoms. The molecule has 3 rings (SSSR count). The molecule has 0 heterocycles. The van der Waals surface area contributed by atoms with Crippen molar-refractivity contribution in [2.75, 3.05) is 5.32 Å². The lowest BCUT2D eigenvalue weighted by molar-refractivity contribution is -0.136. The number of rotatable bonds is 6. The summed E-state index contributed by atoms with van der Waals surface area (Å²) in [5, 5.41) is 9.24. The lowest BCUT2D eigenvalue weighted by Crippen LogP contribution is -2.37. The van der Waals surface area contributed by atoms with Crippen LogP contribution in [0.15, 0.2) is 65.8 Å². The van der Waals surface area contributed by atoms with Crippen molar-refractivity contribution in [3.8, 4) is 0 Å². The molecule has 0 radical (unpaired) electrons. The highest BCUT2D eigenvalue weighted by Gasteiger charge is 2.20. The Balaban J connectivity index is 1.53. The molecule has 1 fully saturated rings. The normalized spacial score (nSPS) is 14.5. The summed E-state index contributed by atoms with van der Waals surface area (Å²) in [6.45, 7) is 0. The molecule has 7 nitrogen and oxygen atoms in total. The molecule has 0 atom stereocenters. The number of para-hydroxylation sites is 1. The Labute approximate surface area is 181 Å². The number of allylic oxidation sites excluding steroid dienone is 1. The summed E-state index contributed by atoms with van der Waals surface area (Å²) in [6, 6.07) is 16.4. The Morgan fingerprint density at radius 2 is 1.58 bits per heavy atom. The Morgan fingerprint density at radius 1 is 0.871 bits per heavy atom. The molecule has 0 spiro atoms. The van der Waals surface area contributed by atoms with E-state index in [1.807, 2.05) is 36.4 Å². The first-order chi connectivity index (χ1) is 15.1. The Bertz CT molecular complexity index is 964. The van der Waals surface area contributed by atoms with E-state index in [0.29, 0.717) is 5.56 Å². The van der Waals surface area contributed by atoms with Gasteiger partial charge < -0.3 is 10.6 Å². The van der Waals surface area contributed by atoms with Gasteiger partial charge in [-0.2, -0.15) is 5.10 Å². The molecule has 0 saturated heterocycles. The Kier molecular flexibility index (Phi) is 8.11. The van der Waals surface area contributed by atoms with Crippen molar-refractivity contribution < 1.29 is 14.4 Å². The summed E-state index contributed by atoms with van der Waals surface area (Å²) < 4.78 is 0. The number of hydrogen-bond donors (Lipinski definition) is 3. The highest BCUT2D eigenvalue weighted by Crippen LogP contribution is 2.20. The highest BCUT2D eigenvalue weighted by molar-refractivity contribution is 6.40. The fraction of sp³-hybridized carbons (Fsp3) is 0.250. The molecule has 0 aromatic heterocycles.